The first-order valence-electron chi connectivity index (χ1n) is 10.2. The van der Waals surface area contributed by atoms with E-state index < -0.39 is 5.41 Å². The number of hydrogen-bond donors (Lipinski definition) is 1. The standard InChI is InChI=1S/C22H30N2O3S/c1-15(2)16(3)23-19(25)14-27-21(26)22(11-7-4-8-12-22)13-20-24-17-9-5-6-10-18(17)28-20/h5-6,9-10,15-16H,4,7-8,11-14H2,1-3H3,(H,23,25). The summed E-state index contributed by atoms with van der Waals surface area (Å²) in [4.78, 5) is 29.9. The van der Waals surface area contributed by atoms with Crippen LogP contribution in [0.15, 0.2) is 24.3 Å². The van der Waals surface area contributed by atoms with Crippen molar-refractivity contribution in [2.45, 2.75) is 65.3 Å². The molecule has 1 amide bonds. The summed E-state index contributed by atoms with van der Waals surface area (Å²) < 4.78 is 6.64. The lowest BCUT2D eigenvalue weighted by Crippen LogP contribution is -2.42. The summed E-state index contributed by atoms with van der Waals surface area (Å²) in [5.74, 6) is -0.150. The van der Waals surface area contributed by atoms with Crippen LogP contribution in [0.1, 0.15) is 57.9 Å². The monoisotopic (exact) mass is 402 g/mol. The van der Waals surface area contributed by atoms with Crippen LogP contribution in [-0.4, -0.2) is 29.5 Å². The maximum absolute atomic E-state index is 13.0. The SMILES string of the molecule is CC(C)C(C)NC(=O)COC(=O)C1(Cc2nc3ccccc3s2)CCCCC1. The van der Waals surface area contributed by atoms with Gasteiger partial charge in [0.1, 0.15) is 0 Å². The molecular formula is C22H30N2O3S. The highest BCUT2D eigenvalue weighted by Gasteiger charge is 2.42. The molecule has 1 atom stereocenters. The van der Waals surface area contributed by atoms with Crippen molar-refractivity contribution >= 4 is 33.4 Å². The van der Waals surface area contributed by atoms with E-state index in [0.29, 0.717) is 12.3 Å². The van der Waals surface area contributed by atoms with Gasteiger partial charge in [-0.15, -0.1) is 11.3 Å². The van der Waals surface area contributed by atoms with Crippen molar-refractivity contribution in [1.29, 1.82) is 0 Å². The molecule has 1 unspecified atom stereocenters. The Morgan fingerprint density at radius 2 is 1.89 bits per heavy atom. The smallest absolute Gasteiger partial charge is 0.313 e. The van der Waals surface area contributed by atoms with Gasteiger partial charge < -0.3 is 10.1 Å². The van der Waals surface area contributed by atoms with Gasteiger partial charge in [-0.25, -0.2) is 4.98 Å². The van der Waals surface area contributed by atoms with E-state index in [-0.39, 0.29) is 24.5 Å². The lowest BCUT2D eigenvalue weighted by molar-refractivity contribution is -0.161. The van der Waals surface area contributed by atoms with Crippen LogP contribution in [0.3, 0.4) is 0 Å². The molecule has 5 nitrogen and oxygen atoms in total. The van der Waals surface area contributed by atoms with Gasteiger partial charge in [0.2, 0.25) is 0 Å². The van der Waals surface area contributed by atoms with Crippen molar-refractivity contribution in [2.75, 3.05) is 6.61 Å². The van der Waals surface area contributed by atoms with E-state index in [2.05, 4.69) is 11.4 Å². The number of thiazole rings is 1. The minimum Gasteiger partial charge on any atom is -0.455 e. The van der Waals surface area contributed by atoms with E-state index in [1.807, 2.05) is 39.0 Å². The van der Waals surface area contributed by atoms with Crippen LogP contribution in [0.4, 0.5) is 0 Å². The Kier molecular flexibility index (Phi) is 6.70. The Labute approximate surface area is 170 Å². The number of carbonyl (C=O) groups excluding carboxylic acids is 2. The van der Waals surface area contributed by atoms with E-state index in [4.69, 9.17) is 9.72 Å². The number of hydrogen-bond acceptors (Lipinski definition) is 5. The number of para-hydroxylation sites is 1. The quantitative estimate of drug-likeness (QED) is 0.693. The first kappa shape index (κ1) is 20.8. The van der Waals surface area contributed by atoms with Crippen LogP contribution in [-0.2, 0) is 20.7 Å². The number of amides is 1. The predicted molar refractivity (Wildman–Crippen MR) is 112 cm³/mol. The number of aromatic nitrogens is 1. The van der Waals surface area contributed by atoms with Gasteiger partial charge in [0, 0.05) is 12.5 Å². The van der Waals surface area contributed by atoms with Crippen LogP contribution in [0, 0.1) is 11.3 Å². The largest absolute Gasteiger partial charge is 0.455 e. The Morgan fingerprint density at radius 3 is 2.57 bits per heavy atom. The summed E-state index contributed by atoms with van der Waals surface area (Å²) in [6.07, 6.45) is 5.35. The van der Waals surface area contributed by atoms with Gasteiger partial charge in [-0.3, -0.25) is 9.59 Å². The fraction of sp³-hybridized carbons (Fsp3) is 0.591. The molecule has 0 spiro atoms. The van der Waals surface area contributed by atoms with Crippen LogP contribution in [0.25, 0.3) is 10.2 Å². The number of ether oxygens (including phenoxy) is 1. The molecular weight excluding hydrogens is 372 g/mol. The van der Waals surface area contributed by atoms with Crippen molar-refractivity contribution in [3.05, 3.63) is 29.3 Å². The van der Waals surface area contributed by atoms with E-state index in [9.17, 15) is 9.59 Å². The average molecular weight is 403 g/mol. The zero-order chi connectivity index (χ0) is 20.1. The lowest BCUT2D eigenvalue weighted by Gasteiger charge is -2.34. The number of esters is 1. The summed E-state index contributed by atoms with van der Waals surface area (Å²) in [6.45, 7) is 5.84. The molecule has 0 bridgehead atoms. The second kappa shape index (κ2) is 9.03. The summed E-state index contributed by atoms with van der Waals surface area (Å²) >= 11 is 1.64. The molecule has 0 aliphatic heterocycles. The number of fused-ring (bicyclic) bond motifs is 1. The fourth-order valence-electron chi connectivity index (χ4n) is 3.71. The van der Waals surface area contributed by atoms with E-state index >= 15 is 0 Å². The van der Waals surface area contributed by atoms with Gasteiger partial charge in [0.15, 0.2) is 6.61 Å². The topological polar surface area (TPSA) is 68.3 Å². The number of rotatable bonds is 7. The van der Waals surface area contributed by atoms with Gasteiger partial charge >= 0.3 is 5.97 Å². The zero-order valence-corrected chi connectivity index (χ0v) is 17.8. The molecule has 28 heavy (non-hydrogen) atoms. The van der Waals surface area contributed by atoms with Gasteiger partial charge in [0.05, 0.1) is 20.6 Å². The minimum atomic E-state index is -0.559. The Balaban J connectivity index is 1.68. The van der Waals surface area contributed by atoms with E-state index in [1.165, 1.54) is 0 Å². The van der Waals surface area contributed by atoms with Crippen molar-refractivity contribution in [3.8, 4) is 0 Å². The van der Waals surface area contributed by atoms with E-state index in [1.54, 1.807) is 11.3 Å². The normalized spacial score (nSPS) is 17.4. The van der Waals surface area contributed by atoms with Crippen molar-refractivity contribution in [1.82, 2.24) is 10.3 Å². The number of nitrogens with one attached hydrogen (secondary N) is 1. The van der Waals surface area contributed by atoms with Gasteiger partial charge in [-0.05, 0) is 37.8 Å². The molecule has 1 heterocycles. The third-order valence-corrected chi connectivity index (χ3v) is 6.83. The van der Waals surface area contributed by atoms with Crippen LogP contribution >= 0.6 is 11.3 Å². The van der Waals surface area contributed by atoms with Crippen LogP contribution in [0.5, 0.6) is 0 Å². The highest BCUT2D eigenvalue weighted by Crippen LogP contribution is 2.41. The lowest BCUT2D eigenvalue weighted by atomic mass is 9.72. The molecule has 1 saturated carbocycles. The zero-order valence-electron chi connectivity index (χ0n) is 17.0. The number of benzene rings is 1. The molecule has 152 valence electrons. The van der Waals surface area contributed by atoms with Gasteiger partial charge in [-0.1, -0.05) is 45.2 Å². The molecule has 1 fully saturated rings. The molecule has 1 N–H and O–H groups in total. The van der Waals surface area contributed by atoms with Crippen molar-refractivity contribution in [3.63, 3.8) is 0 Å². The van der Waals surface area contributed by atoms with Crippen molar-refractivity contribution < 1.29 is 14.3 Å². The molecule has 3 rings (SSSR count). The Morgan fingerprint density at radius 1 is 1.18 bits per heavy atom. The second-order valence-electron chi connectivity index (χ2n) is 8.27. The first-order valence-corrected chi connectivity index (χ1v) is 11.0. The summed E-state index contributed by atoms with van der Waals surface area (Å²) in [6, 6.07) is 8.10. The molecule has 1 aromatic heterocycles. The summed E-state index contributed by atoms with van der Waals surface area (Å²) in [5, 5.41) is 3.86. The predicted octanol–water partition coefficient (Wildman–Crippen LogP) is 4.49. The fourth-order valence-corrected chi connectivity index (χ4v) is 4.82. The molecule has 2 aromatic rings. The van der Waals surface area contributed by atoms with E-state index in [0.717, 1.165) is 47.3 Å². The second-order valence-corrected chi connectivity index (χ2v) is 9.38. The van der Waals surface area contributed by atoms with Crippen LogP contribution in [0.2, 0.25) is 0 Å². The summed E-state index contributed by atoms with van der Waals surface area (Å²) in [5.41, 5.74) is 0.416. The maximum atomic E-state index is 13.0. The molecule has 0 saturated heterocycles. The molecule has 6 heteroatoms. The molecule has 1 aromatic carbocycles. The third kappa shape index (κ3) is 4.90. The van der Waals surface area contributed by atoms with Crippen LogP contribution < -0.4 is 5.32 Å². The molecule has 1 aliphatic carbocycles. The number of nitrogens with zero attached hydrogens (tertiary/aromatic N) is 1. The van der Waals surface area contributed by atoms with Gasteiger partial charge in [0.25, 0.3) is 5.91 Å². The van der Waals surface area contributed by atoms with Crippen molar-refractivity contribution in [2.24, 2.45) is 11.3 Å². The molecule has 0 radical (unpaired) electrons. The highest BCUT2D eigenvalue weighted by atomic mass is 32.1. The third-order valence-electron chi connectivity index (χ3n) is 5.79. The van der Waals surface area contributed by atoms with Gasteiger partial charge in [-0.2, -0.15) is 0 Å². The highest BCUT2D eigenvalue weighted by molar-refractivity contribution is 7.18. The first-order chi connectivity index (χ1) is 13.4. The maximum Gasteiger partial charge on any atom is 0.313 e. The Hall–Kier alpha value is -1.95. The average Bonchev–Trinajstić information content (AvgIpc) is 3.08. The molecule has 1 aliphatic rings. The minimum absolute atomic E-state index is 0.0533. The summed E-state index contributed by atoms with van der Waals surface area (Å²) in [7, 11) is 0. The Bertz CT molecular complexity index is 791. The number of carbonyl (C=O) groups is 2.